The topological polar surface area (TPSA) is 71.0 Å². The number of halogens is 2. The zero-order chi connectivity index (χ0) is 19.6. The summed E-state index contributed by atoms with van der Waals surface area (Å²) in [5.41, 5.74) is 2.35. The molecule has 1 heterocycles. The van der Waals surface area contributed by atoms with Gasteiger partial charge in [-0.3, -0.25) is 14.5 Å². The number of aliphatic imine (C=N–C) groups is 1. The van der Waals surface area contributed by atoms with Gasteiger partial charge in [0.2, 0.25) is 0 Å². The summed E-state index contributed by atoms with van der Waals surface area (Å²) in [6, 6.07) is 12.6. The van der Waals surface area contributed by atoms with Crippen LogP contribution in [0.5, 0.6) is 0 Å². The van der Waals surface area contributed by atoms with Crippen LogP contribution in [-0.4, -0.2) is 49.4 Å². The predicted molar refractivity (Wildman–Crippen MR) is 108 cm³/mol. The molecular weight excluding hydrogens is 434 g/mol. The molecule has 0 saturated carbocycles. The van der Waals surface area contributed by atoms with Crippen molar-refractivity contribution < 1.29 is 14.3 Å². The van der Waals surface area contributed by atoms with E-state index in [9.17, 15) is 9.59 Å². The lowest BCUT2D eigenvalue weighted by Crippen LogP contribution is -2.34. The van der Waals surface area contributed by atoms with Gasteiger partial charge < -0.3 is 10.1 Å². The number of carbonyl (C=O) groups is 2. The van der Waals surface area contributed by atoms with E-state index in [0.29, 0.717) is 27.5 Å². The molecule has 0 aromatic heterocycles. The molecule has 0 fully saturated rings. The highest BCUT2D eigenvalue weighted by molar-refractivity contribution is 9.10. The minimum atomic E-state index is -1.31. The summed E-state index contributed by atoms with van der Waals surface area (Å²) in [5.74, 6) is -1.07. The summed E-state index contributed by atoms with van der Waals surface area (Å²) in [4.78, 5) is 30.8. The van der Waals surface area contributed by atoms with Gasteiger partial charge in [0.1, 0.15) is 0 Å². The number of hydrogen-bond donors (Lipinski definition) is 1. The Labute approximate surface area is 170 Å². The summed E-state index contributed by atoms with van der Waals surface area (Å²) in [6.45, 7) is 0.0409. The number of rotatable bonds is 4. The average molecular weight is 451 g/mol. The number of likely N-dealkylation sites (N-methyl/N-ethyl adjacent to an activating group) is 1. The van der Waals surface area contributed by atoms with Crippen LogP contribution in [-0.2, 0) is 14.3 Å². The van der Waals surface area contributed by atoms with Crippen LogP contribution in [0.25, 0.3) is 0 Å². The lowest BCUT2D eigenvalue weighted by Gasteiger charge is -2.14. The molecule has 27 heavy (non-hydrogen) atoms. The number of anilines is 1. The first-order chi connectivity index (χ1) is 12.8. The normalized spacial score (nSPS) is 16.3. The second-order valence-electron chi connectivity index (χ2n) is 6.22. The van der Waals surface area contributed by atoms with Crippen LogP contribution in [0.2, 0.25) is 5.02 Å². The summed E-state index contributed by atoms with van der Waals surface area (Å²) < 4.78 is 6.13. The largest absolute Gasteiger partial charge is 0.429 e. The third-order valence-electron chi connectivity index (χ3n) is 3.78. The van der Waals surface area contributed by atoms with Gasteiger partial charge in [-0.2, -0.15) is 0 Å². The first-order valence-electron chi connectivity index (χ1n) is 8.13. The van der Waals surface area contributed by atoms with Crippen molar-refractivity contribution in [1.29, 1.82) is 0 Å². The number of amides is 1. The smallest absolute Gasteiger partial charge is 0.322 e. The Hall–Kier alpha value is -2.22. The second kappa shape index (κ2) is 8.21. The van der Waals surface area contributed by atoms with E-state index in [-0.39, 0.29) is 6.54 Å². The van der Waals surface area contributed by atoms with Crippen LogP contribution < -0.4 is 5.32 Å². The molecule has 0 aliphatic carbocycles. The molecule has 1 atom stereocenters. The van der Waals surface area contributed by atoms with Crippen molar-refractivity contribution in [3.05, 3.63) is 63.1 Å². The average Bonchev–Trinajstić information content (AvgIpc) is 2.72. The number of carbonyl (C=O) groups excluding carboxylic acids is 2. The van der Waals surface area contributed by atoms with Crippen molar-refractivity contribution >= 4 is 50.8 Å². The number of esters is 1. The maximum Gasteiger partial charge on any atom is 0.322 e. The third-order valence-corrected chi connectivity index (χ3v) is 4.61. The standard InChI is InChI=1S/C19H17BrClN3O3/c1-24(2)10-16(25)27-19-18(26)22-15-8-7-11(20)9-13(15)17(23-19)12-5-3-4-6-14(12)21/h3-9,19H,10H2,1-2H3,(H,22,26). The Bertz CT molecular complexity index is 930. The molecule has 0 spiro atoms. The van der Waals surface area contributed by atoms with Crippen molar-refractivity contribution in [3.8, 4) is 0 Å². The molecule has 1 aliphatic heterocycles. The molecule has 3 rings (SSSR count). The van der Waals surface area contributed by atoms with Gasteiger partial charge in [0.05, 0.1) is 17.9 Å². The number of nitrogens with one attached hydrogen (secondary N) is 1. The van der Waals surface area contributed by atoms with Crippen molar-refractivity contribution in [1.82, 2.24) is 4.90 Å². The van der Waals surface area contributed by atoms with E-state index in [4.69, 9.17) is 16.3 Å². The SMILES string of the molecule is CN(C)CC(=O)OC1N=C(c2ccccc2Cl)c2cc(Br)ccc2NC1=O. The van der Waals surface area contributed by atoms with E-state index in [2.05, 4.69) is 26.2 Å². The molecule has 1 unspecified atom stereocenters. The highest BCUT2D eigenvalue weighted by Gasteiger charge is 2.29. The molecule has 2 aromatic carbocycles. The van der Waals surface area contributed by atoms with Gasteiger partial charge in [-0.25, -0.2) is 4.99 Å². The number of hydrogen-bond acceptors (Lipinski definition) is 5. The molecule has 0 radical (unpaired) electrons. The van der Waals surface area contributed by atoms with Crippen molar-refractivity contribution in [3.63, 3.8) is 0 Å². The number of benzodiazepines with no additional fused rings is 1. The molecular formula is C19H17BrClN3O3. The molecule has 1 N–H and O–H groups in total. The fourth-order valence-corrected chi connectivity index (χ4v) is 3.22. The molecule has 8 heteroatoms. The van der Waals surface area contributed by atoms with Gasteiger partial charge in [0, 0.05) is 20.6 Å². The molecule has 2 aromatic rings. The first-order valence-corrected chi connectivity index (χ1v) is 9.30. The van der Waals surface area contributed by atoms with Crippen LogP contribution in [0.15, 0.2) is 51.9 Å². The summed E-state index contributed by atoms with van der Waals surface area (Å²) in [5, 5.41) is 3.25. The van der Waals surface area contributed by atoms with Gasteiger partial charge >= 0.3 is 5.97 Å². The first kappa shape index (κ1) is 19.5. The van der Waals surface area contributed by atoms with Crippen molar-refractivity contribution in [2.24, 2.45) is 4.99 Å². The third kappa shape index (κ3) is 4.55. The summed E-state index contributed by atoms with van der Waals surface area (Å²) in [6.07, 6.45) is -1.31. The number of ether oxygens (including phenoxy) is 1. The molecule has 140 valence electrons. The quantitative estimate of drug-likeness (QED) is 0.726. The second-order valence-corrected chi connectivity index (χ2v) is 7.54. The lowest BCUT2D eigenvalue weighted by molar-refractivity contribution is -0.154. The Morgan fingerprint density at radius 3 is 2.70 bits per heavy atom. The Morgan fingerprint density at radius 2 is 2.00 bits per heavy atom. The zero-order valence-corrected chi connectivity index (χ0v) is 17.0. The van der Waals surface area contributed by atoms with Gasteiger partial charge in [-0.1, -0.05) is 45.7 Å². The number of benzene rings is 2. The van der Waals surface area contributed by atoms with E-state index in [0.717, 1.165) is 4.47 Å². The Morgan fingerprint density at radius 1 is 1.26 bits per heavy atom. The molecule has 1 amide bonds. The summed E-state index contributed by atoms with van der Waals surface area (Å²) >= 11 is 9.80. The number of fused-ring (bicyclic) bond motifs is 1. The molecule has 1 aliphatic rings. The Kier molecular flexibility index (Phi) is 5.94. The van der Waals surface area contributed by atoms with Gasteiger partial charge in [0.25, 0.3) is 12.1 Å². The molecule has 6 nitrogen and oxygen atoms in total. The van der Waals surface area contributed by atoms with E-state index in [1.54, 1.807) is 37.2 Å². The van der Waals surface area contributed by atoms with E-state index in [1.807, 2.05) is 24.3 Å². The Balaban J connectivity index is 2.10. The predicted octanol–water partition coefficient (Wildman–Crippen LogP) is 3.32. The minimum Gasteiger partial charge on any atom is -0.429 e. The maximum absolute atomic E-state index is 12.6. The van der Waals surface area contributed by atoms with E-state index >= 15 is 0 Å². The minimum absolute atomic E-state index is 0.0409. The summed E-state index contributed by atoms with van der Waals surface area (Å²) in [7, 11) is 3.47. The number of nitrogens with zero attached hydrogens (tertiary/aromatic N) is 2. The van der Waals surface area contributed by atoms with E-state index in [1.165, 1.54) is 0 Å². The van der Waals surface area contributed by atoms with Crippen LogP contribution in [0.3, 0.4) is 0 Å². The highest BCUT2D eigenvalue weighted by Crippen LogP contribution is 2.30. The van der Waals surface area contributed by atoms with Crippen LogP contribution >= 0.6 is 27.5 Å². The van der Waals surface area contributed by atoms with Crippen LogP contribution in [0.4, 0.5) is 5.69 Å². The fraction of sp³-hybridized carbons (Fsp3) is 0.211. The highest BCUT2D eigenvalue weighted by atomic mass is 79.9. The lowest BCUT2D eigenvalue weighted by atomic mass is 10.0. The van der Waals surface area contributed by atoms with E-state index < -0.39 is 18.1 Å². The van der Waals surface area contributed by atoms with Crippen molar-refractivity contribution in [2.75, 3.05) is 26.0 Å². The monoisotopic (exact) mass is 449 g/mol. The fourth-order valence-electron chi connectivity index (χ4n) is 2.63. The van der Waals surface area contributed by atoms with Gasteiger partial charge in [-0.15, -0.1) is 0 Å². The van der Waals surface area contributed by atoms with Crippen LogP contribution in [0.1, 0.15) is 11.1 Å². The maximum atomic E-state index is 12.6. The van der Waals surface area contributed by atoms with Gasteiger partial charge in [-0.05, 0) is 38.4 Å². The van der Waals surface area contributed by atoms with Gasteiger partial charge in [0.15, 0.2) is 0 Å². The molecule has 0 saturated heterocycles. The zero-order valence-electron chi connectivity index (χ0n) is 14.7. The molecule has 0 bridgehead atoms. The van der Waals surface area contributed by atoms with Crippen LogP contribution in [0, 0.1) is 0 Å². The van der Waals surface area contributed by atoms with Crippen molar-refractivity contribution in [2.45, 2.75) is 6.23 Å².